The van der Waals surface area contributed by atoms with E-state index in [2.05, 4.69) is 9.97 Å². The lowest BCUT2D eigenvalue weighted by atomic mass is 9.74. The lowest BCUT2D eigenvalue weighted by Gasteiger charge is -2.51. The highest BCUT2D eigenvalue weighted by molar-refractivity contribution is 5.69. The smallest absolute Gasteiger partial charge is 0.410 e. The van der Waals surface area contributed by atoms with Crippen LogP contribution in [-0.2, 0) is 10.3 Å². The molecule has 1 aromatic rings. The van der Waals surface area contributed by atoms with Crippen LogP contribution in [0.1, 0.15) is 64.3 Å². The van der Waals surface area contributed by atoms with Crippen molar-refractivity contribution >= 4 is 6.09 Å². The summed E-state index contributed by atoms with van der Waals surface area (Å²) in [5.41, 5.74) is -0.127. The molecule has 0 saturated carbocycles. The number of aromatic nitrogens is 2. The first kappa shape index (κ1) is 17.1. The largest absolute Gasteiger partial charge is 0.444 e. The third kappa shape index (κ3) is 3.38. The van der Waals surface area contributed by atoms with Gasteiger partial charge in [-0.3, -0.25) is 9.97 Å². The van der Waals surface area contributed by atoms with Crippen LogP contribution in [0.25, 0.3) is 0 Å². The fourth-order valence-electron chi connectivity index (χ4n) is 3.94. The van der Waals surface area contributed by atoms with E-state index in [9.17, 15) is 9.90 Å². The van der Waals surface area contributed by atoms with Crippen LogP contribution >= 0.6 is 0 Å². The molecule has 1 amide bonds. The lowest BCUT2D eigenvalue weighted by molar-refractivity contribution is -0.0986. The lowest BCUT2D eigenvalue weighted by Crippen LogP contribution is -2.59. The molecule has 0 radical (unpaired) electrons. The maximum Gasteiger partial charge on any atom is 0.410 e. The quantitative estimate of drug-likeness (QED) is 0.855. The molecule has 6 nitrogen and oxygen atoms in total. The number of carbonyl (C=O) groups is 1. The molecule has 2 saturated heterocycles. The average Bonchev–Trinajstić information content (AvgIpc) is 2.44. The number of amides is 1. The van der Waals surface area contributed by atoms with Crippen LogP contribution in [-0.4, -0.2) is 43.8 Å². The Bertz CT molecular complexity index is 612. The standard InChI is InChI=1S/C18H27N3O3/c1-12-10-19-11-15(20-12)18(23)8-13-6-5-7-14(9-18)21(13)16(22)24-17(2,3)4/h10-11,13-14,23H,5-9H2,1-4H3. The molecule has 6 heteroatoms. The fraction of sp³-hybridized carbons (Fsp3) is 0.722. The maximum atomic E-state index is 12.6. The SMILES string of the molecule is Cc1cncc(C2(O)CC3CCCC(C2)N3C(=O)OC(C)(C)C)n1. The van der Waals surface area contributed by atoms with Gasteiger partial charge in [-0.15, -0.1) is 0 Å². The highest BCUT2D eigenvalue weighted by Crippen LogP contribution is 2.44. The van der Waals surface area contributed by atoms with Gasteiger partial charge in [0.15, 0.2) is 0 Å². The molecule has 132 valence electrons. The summed E-state index contributed by atoms with van der Waals surface area (Å²) >= 11 is 0. The van der Waals surface area contributed by atoms with Crippen molar-refractivity contribution in [1.29, 1.82) is 0 Å². The normalized spacial score (nSPS) is 30.1. The van der Waals surface area contributed by atoms with E-state index in [0.717, 1.165) is 25.0 Å². The molecule has 3 rings (SSSR count). The monoisotopic (exact) mass is 333 g/mol. The minimum absolute atomic E-state index is 0.0142. The molecule has 2 unspecified atom stereocenters. The predicted octanol–water partition coefficient (Wildman–Crippen LogP) is 2.92. The summed E-state index contributed by atoms with van der Waals surface area (Å²) in [6.07, 6.45) is 6.88. The van der Waals surface area contributed by atoms with Crippen molar-refractivity contribution in [3.05, 3.63) is 23.8 Å². The Labute approximate surface area is 143 Å². The number of aryl methyl sites for hydroxylation is 1. The van der Waals surface area contributed by atoms with Gasteiger partial charge in [-0.1, -0.05) is 0 Å². The van der Waals surface area contributed by atoms with E-state index in [-0.39, 0.29) is 18.2 Å². The summed E-state index contributed by atoms with van der Waals surface area (Å²) in [6.45, 7) is 7.51. The molecule has 3 heterocycles. The maximum absolute atomic E-state index is 12.6. The van der Waals surface area contributed by atoms with Gasteiger partial charge < -0.3 is 14.7 Å². The van der Waals surface area contributed by atoms with Crippen molar-refractivity contribution in [1.82, 2.24) is 14.9 Å². The van der Waals surface area contributed by atoms with Crippen molar-refractivity contribution in [2.75, 3.05) is 0 Å². The molecule has 2 bridgehead atoms. The van der Waals surface area contributed by atoms with E-state index in [1.54, 1.807) is 12.4 Å². The van der Waals surface area contributed by atoms with E-state index in [1.807, 2.05) is 32.6 Å². The number of ether oxygens (including phenoxy) is 1. The summed E-state index contributed by atoms with van der Waals surface area (Å²) in [5.74, 6) is 0. The second-order valence-corrected chi connectivity index (χ2v) is 8.11. The second-order valence-electron chi connectivity index (χ2n) is 8.11. The van der Waals surface area contributed by atoms with E-state index in [0.29, 0.717) is 18.5 Å². The second kappa shape index (κ2) is 5.99. The summed E-state index contributed by atoms with van der Waals surface area (Å²) in [5, 5.41) is 11.2. The molecule has 0 aliphatic carbocycles. The summed E-state index contributed by atoms with van der Waals surface area (Å²) in [4.78, 5) is 23.1. The van der Waals surface area contributed by atoms with Gasteiger partial charge in [0.2, 0.25) is 0 Å². The van der Waals surface area contributed by atoms with E-state index >= 15 is 0 Å². The number of carbonyl (C=O) groups excluding carboxylic acids is 1. The Balaban J connectivity index is 1.84. The van der Waals surface area contributed by atoms with Gasteiger partial charge in [0, 0.05) is 31.1 Å². The van der Waals surface area contributed by atoms with Crippen LogP contribution < -0.4 is 0 Å². The van der Waals surface area contributed by atoms with Gasteiger partial charge >= 0.3 is 6.09 Å². The minimum Gasteiger partial charge on any atom is -0.444 e. The first-order valence-electron chi connectivity index (χ1n) is 8.71. The van der Waals surface area contributed by atoms with Crippen molar-refractivity contribution in [3.63, 3.8) is 0 Å². The third-order valence-electron chi connectivity index (χ3n) is 4.84. The first-order chi connectivity index (χ1) is 11.2. The van der Waals surface area contributed by atoms with Crippen LogP contribution in [0, 0.1) is 6.92 Å². The molecule has 0 aromatic carbocycles. The number of fused-ring (bicyclic) bond motifs is 2. The van der Waals surface area contributed by atoms with Crippen molar-refractivity contribution in [2.24, 2.45) is 0 Å². The van der Waals surface area contributed by atoms with Crippen LogP contribution in [0.15, 0.2) is 12.4 Å². The summed E-state index contributed by atoms with van der Waals surface area (Å²) in [7, 11) is 0. The van der Waals surface area contributed by atoms with Crippen LogP contribution in [0.4, 0.5) is 4.79 Å². The molecule has 1 aromatic heterocycles. The predicted molar refractivity (Wildman–Crippen MR) is 89.4 cm³/mol. The molecule has 2 aliphatic heterocycles. The number of aliphatic hydroxyl groups is 1. The molecule has 24 heavy (non-hydrogen) atoms. The van der Waals surface area contributed by atoms with Gasteiger partial charge in [-0.05, 0) is 47.0 Å². The molecular weight excluding hydrogens is 306 g/mol. The average molecular weight is 333 g/mol. The summed E-state index contributed by atoms with van der Waals surface area (Å²) < 4.78 is 5.58. The zero-order chi connectivity index (χ0) is 17.5. The zero-order valence-electron chi connectivity index (χ0n) is 15.0. The highest BCUT2D eigenvalue weighted by Gasteiger charge is 2.49. The Hall–Kier alpha value is -1.69. The number of nitrogens with zero attached hydrogens (tertiary/aromatic N) is 3. The number of hydrogen-bond donors (Lipinski definition) is 1. The van der Waals surface area contributed by atoms with Gasteiger partial charge in [-0.2, -0.15) is 0 Å². The fourth-order valence-corrected chi connectivity index (χ4v) is 3.94. The van der Waals surface area contributed by atoms with Gasteiger partial charge in [-0.25, -0.2) is 4.79 Å². The number of hydrogen-bond acceptors (Lipinski definition) is 5. The van der Waals surface area contributed by atoms with E-state index < -0.39 is 11.2 Å². The number of piperidine rings is 2. The van der Waals surface area contributed by atoms with Gasteiger partial charge in [0.05, 0.1) is 17.6 Å². The molecule has 2 atom stereocenters. The molecule has 2 fully saturated rings. The number of rotatable bonds is 1. The molecule has 1 N–H and O–H groups in total. The third-order valence-corrected chi connectivity index (χ3v) is 4.84. The summed E-state index contributed by atoms with van der Waals surface area (Å²) in [6, 6.07) is -0.0284. The Morgan fingerprint density at radius 2 is 1.92 bits per heavy atom. The van der Waals surface area contributed by atoms with Crippen molar-refractivity contribution in [2.45, 2.75) is 83.1 Å². The Morgan fingerprint density at radius 1 is 1.29 bits per heavy atom. The molecule has 0 spiro atoms. The minimum atomic E-state index is -1.02. The van der Waals surface area contributed by atoms with E-state index in [1.165, 1.54) is 0 Å². The Kier molecular flexibility index (Phi) is 4.28. The Morgan fingerprint density at radius 3 is 2.46 bits per heavy atom. The van der Waals surface area contributed by atoms with Crippen LogP contribution in [0.3, 0.4) is 0 Å². The van der Waals surface area contributed by atoms with Crippen molar-refractivity contribution in [3.8, 4) is 0 Å². The molecule has 2 aliphatic rings. The first-order valence-corrected chi connectivity index (χ1v) is 8.71. The zero-order valence-corrected chi connectivity index (χ0v) is 15.0. The highest BCUT2D eigenvalue weighted by atomic mass is 16.6. The topological polar surface area (TPSA) is 75.6 Å². The van der Waals surface area contributed by atoms with Crippen LogP contribution in [0.2, 0.25) is 0 Å². The van der Waals surface area contributed by atoms with Crippen molar-refractivity contribution < 1.29 is 14.6 Å². The van der Waals surface area contributed by atoms with Gasteiger partial charge in [0.1, 0.15) is 11.2 Å². The van der Waals surface area contributed by atoms with Crippen LogP contribution in [0.5, 0.6) is 0 Å². The molecular formula is C18H27N3O3. The van der Waals surface area contributed by atoms with Gasteiger partial charge in [0.25, 0.3) is 0 Å². The van der Waals surface area contributed by atoms with E-state index in [4.69, 9.17) is 4.74 Å².